The molecule has 0 aromatic heterocycles. The van der Waals surface area contributed by atoms with Crippen molar-refractivity contribution in [3.8, 4) is 0 Å². The molecular formula is C26H43N7O4S. The number of nitrogens with two attached hydrogens (primary N) is 1. The number of carbonyl (C=O) groups is 2. The summed E-state index contributed by atoms with van der Waals surface area (Å²) < 4.78 is 29.9. The molecule has 1 unspecified atom stereocenters. The average molecular weight is 550 g/mol. The van der Waals surface area contributed by atoms with Crippen molar-refractivity contribution >= 4 is 33.5 Å². The van der Waals surface area contributed by atoms with E-state index in [1.54, 1.807) is 17.0 Å². The number of sulfonamides is 1. The summed E-state index contributed by atoms with van der Waals surface area (Å²) in [4.78, 5) is 26.6. The lowest BCUT2D eigenvalue weighted by atomic mass is 9.82. The minimum atomic E-state index is -3.99. The van der Waals surface area contributed by atoms with Crippen molar-refractivity contribution in [3.63, 3.8) is 0 Å². The Bertz CT molecular complexity index is 1110. The molecule has 2 aliphatic rings. The van der Waals surface area contributed by atoms with Crippen LogP contribution in [-0.4, -0.2) is 69.9 Å². The molecule has 12 heteroatoms. The second-order valence-corrected chi connectivity index (χ2v) is 12.9. The molecule has 7 N–H and O–H groups in total. The van der Waals surface area contributed by atoms with Crippen LogP contribution in [0.25, 0.3) is 0 Å². The van der Waals surface area contributed by atoms with Gasteiger partial charge in [0, 0.05) is 39.6 Å². The number of amides is 2. The first-order valence-electron chi connectivity index (χ1n) is 13.4. The molecule has 0 bridgehead atoms. The highest BCUT2D eigenvalue weighted by molar-refractivity contribution is 7.89. The van der Waals surface area contributed by atoms with Crippen LogP contribution in [0.2, 0.25) is 0 Å². The SMILES string of the molecule is CC(=O)NCCC1CCN(C(=O)C(CCCNC(=N)N)NS(=O)(=O)c2cccc3c2NCC(C)(C)C3)CC1. The molecule has 3 rings (SSSR count). The lowest BCUT2D eigenvalue weighted by molar-refractivity contribution is -0.134. The van der Waals surface area contributed by atoms with E-state index >= 15 is 0 Å². The molecular weight excluding hydrogens is 506 g/mol. The van der Waals surface area contributed by atoms with Gasteiger partial charge in [0.25, 0.3) is 0 Å². The zero-order valence-corrected chi connectivity index (χ0v) is 23.5. The smallest absolute Gasteiger partial charge is 0.243 e. The van der Waals surface area contributed by atoms with Gasteiger partial charge in [-0.1, -0.05) is 26.0 Å². The Hall–Kier alpha value is -2.86. The Labute approximate surface area is 226 Å². The van der Waals surface area contributed by atoms with E-state index in [-0.39, 0.29) is 34.5 Å². The second-order valence-electron chi connectivity index (χ2n) is 11.2. The molecule has 0 spiro atoms. The highest BCUT2D eigenvalue weighted by Gasteiger charge is 2.34. The maximum Gasteiger partial charge on any atom is 0.243 e. The third-order valence-corrected chi connectivity index (χ3v) is 8.76. The number of hydrogen-bond donors (Lipinski definition) is 6. The van der Waals surface area contributed by atoms with E-state index in [0.717, 1.165) is 31.2 Å². The lowest BCUT2D eigenvalue weighted by Gasteiger charge is -2.35. The Morgan fingerprint density at radius 3 is 2.58 bits per heavy atom. The molecule has 1 atom stereocenters. The van der Waals surface area contributed by atoms with Crippen molar-refractivity contribution in [1.82, 2.24) is 20.3 Å². The standard InChI is InChI=1S/C26H43N7O4S/c1-18(34)29-13-9-19-10-14-33(15-11-19)24(35)21(7-5-12-30-25(27)28)32-38(36,37)22-8-4-6-20-16-26(2,3)17-31-23(20)22/h4,6,8,19,21,31-32H,5,7,9-17H2,1-3H3,(H,29,34)(H4,27,28,30). The molecule has 0 saturated carbocycles. The van der Waals surface area contributed by atoms with Crippen LogP contribution in [0.3, 0.4) is 0 Å². The highest BCUT2D eigenvalue weighted by atomic mass is 32.2. The number of carbonyl (C=O) groups excluding carboxylic acids is 2. The fourth-order valence-electron chi connectivity index (χ4n) is 5.18. The monoisotopic (exact) mass is 549 g/mol. The van der Waals surface area contributed by atoms with E-state index in [9.17, 15) is 18.0 Å². The number of para-hydroxylation sites is 1. The molecule has 38 heavy (non-hydrogen) atoms. The Morgan fingerprint density at radius 2 is 1.92 bits per heavy atom. The van der Waals surface area contributed by atoms with Gasteiger partial charge in [-0.05, 0) is 61.5 Å². The number of nitrogens with one attached hydrogen (secondary N) is 5. The predicted molar refractivity (Wildman–Crippen MR) is 148 cm³/mol. The van der Waals surface area contributed by atoms with Gasteiger partial charge in [0.2, 0.25) is 21.8 Å². The summed E-state index contributed by atoms with van der Waals surface area (Å²) in [5.41, 5.74) is 6.92. The highest BCUT2D eigenvalue weighted by Crippen LogP contribution is 2.36. The molecule has 1 aromatic rings. The lowest BCUT2D eigenvalue weighted by Crippen LogP contribution is -2.51. The van der Waals surface area contributed by atoms with Gasteiger partial charge in [-0.2, -0.15) is 4.72 Å². The number of piperidine rings is 1. The fraction of sp³-hybridized carbons (Fsp3) is 0.654. The molecule has 212 valence electrons. The fourth-order valence-corrected chi connectivity index (χ4v) is 6.63. The molecule has 2 amide bonds. The van der Waals surface area contributed by atoms with Crippen LogP contribution in [0.1, 0.15) is 58.4 Å². The van der Waals surface area contributed by atoms with Crippen molar-refractivity contribution in [2.45, 2.75) is 70.2 Å². The molecule has 1 saturated heterocycles. The number of benzene rings is 1. The van der Waals surface area contributed by atoms with Crippen LogP contribution in [0.4, 0.5) is 5.69 Å². The Balaban J connectivity index is 1.71. The molecule has 1 aromatic carbocycles. The predicted octanol–water partition coefficient (Wildman–Crippen LogP) is 1.36. The third kappa shape index (κ3) is 8.32. The van der Waals surface area contributed by atoms with Crippen molar-refractivity contribution in [2.24, 2.45) is 17.1 Å². The van der Waals surface area contributed by atoms with Crippen molar-refractivity contribution in [1.29, 1.82) is 5.41 Å². The van der Waals surface area contributed by atoms with Crippen LogP contribution < -0.4 is 26.4 Å². The maximum absolute atomic E-state index is 13.6. The normalized spacial score (nSPS) is 18.1. The Morgan fingerprint density at radius 1 is 1.21 bits per heavy atom. The first-order valence-corrected chi connectivity index (χ1v) is 14.9. The molecule has 11 nitrogen and oxygen atoms in total. The minimum Gasteiger partial charge on any atom is -0.383 e. The van der Waals surface area contributed by atoms with Gasteiger partial charge in [0.15, 0.2) is 5.96 Å². The number of likely N-dealkylation sites (tertiary alicyclic amines) is 1. The molecule has 2 aliphatic heterocycles. The number of fused-ring (bicyclic) bond motifs is 1. The van der Waals surface area contributed by atoms with Gasteiger partial charge in [-0.3, -0.25) is 15.0 Å². The van der Waals surface area contributed by atoms with Crippen LogP contribution >= 0.6 is 0 Å². The number of guanidine groups is 1. The van der Waals surface area contributed by atoms with Crippen LogP contribution in [-0.2, 0) is 26.0 Å². The molecule has 2 heterocycles. The Kier molecular flexibility index (Phi) is 10.00. The van der Waals surface area contributed by atoms with Crippen molar-refractivity contribution < 1.29 is 18.0 Å². The summed E-state index contributed by atoms with van der Waals surface area (Å²) in [6.07, 6.45) is 3.97. The van der Waals surface area contributed by atoms with Gasteiger partial charge in [-0.15, -0.1) is 0 Å². The van der Waals surface area contributed by atoms with E-state index in [0.29, 0.717) is 50.7 Å². The number of anilines is 1. The van der Waals surface area contributed by atoms with E-state index in [4.69, 9.17) is 11.1 Å². The number of rotatable bonds is 11. The third-order valence-electron chi connectivity index (χ3n) is 7.25. The maximum atomic E-state index is 13.6. The minimum absolute atomic E-state index is 0.0132. The van der Waals surface area contributed by atoms with Crippen LogP contribution in [0.15, 0.2) is 23.1 Å². The van der Waals surface area contributed by atoms with E-state index < -0.39 is 16.1 Å². The summed E-state index contributed by atoms with van der Waals surface area (Å²) in [5, 5.41) is 16.2. The van der Waals surface area contributed by atoms with Crippen molar-refractivity contribution in [3.05, 3.63) is 23.8 Å². The van der Waals surface area contributed by atoms with Gasteiger partial charge < -0.3 is 26.6 Å². The van der Waals surface area contributed by atoms with E-state index in [2.05, 4.69) is 34.5 Å². The van der Waals surface area contributed by atoms with Gasteiger partial charge in [-0.25, -0.2) is 8.42 Å². The molecule has 0 radical (unpaired) electrons. The summed E-state index contributed by atoms with van der Waals surface area (Å²) in [7, 11) is -3.99. The average Bonchev–Trinajstić information content (AvgIpc) is 2.84. The van der Waals surface area contributed by atoms with Crippen molar-refractivity contribution in [2.75, 3.05) is 38.0 Å². The van der Waals surface area contributed by atoms with Gasteiger partial charge in [0.05, 0.1) is 5.69 Å². The second kappa shape index (κ2) is 12.8. The van der Waals surface area contributed by atoms with Gasteiger partial charge >= 0.3 is 0 Å². The molecule has 0 aliphatic carbocycles. The quantitative estimate of drug-likeness (QED) is 0.137. The number of nitrogens with zero attached hydrogens (tertiary/aromatic N) is 1. The van der Waals surface area contributed by atoms with Crippen LogP contribution in [0.5, 0.6) is 0 Å². The zero-order chi connectivity index (χ0) is 27.9. The molecule has 1 fully saturated rings. The number of hydrogen-bond acceptors (Lipinski definition) is 6. The topological polar surface area (TPSA) is 170 Å². The largest absolute Gasteiger partial charge is 0.383 e. The summed E-state index contributed by atoms with van der Waals surface area (Å²) in [6, 6.07) is 4.33. The van der Waals surface area contributed by atoms with Crippen LogP contribution in [0, 0.1) is 16.7 Å². The summed E-state index contributed by atoms with van der Waals surface area (Å²) >= 11 is 0. The summed E-state index contributed by atoms with van der Waals surface area (Å²) in [5.74, 6) is -0.0483. The first kappa shape index (κ1) is 29.7. The first-order chi connectivity index (χ1) is 17.9. The van der Waals surface area contributed by atoms with E-state index in [1.165, 1.54) is 6.92 Å². The zero-order valence-electron chi connectivity index (χ0n) is 22.7. The van der Waals surface area contributed by atoms with E-state index in [1.807, 2.05) is 6.07 Å². The summed E-state index contributed by atoms with van der Waals surface area (Å²) in [6.45, 7) is 8.49. The van der Waals surface area contributed by atoms with Gasteiger partial charge in [0.1, 0.15) is 10.9 Å².